The highest BCUT2D eigenvalue weighted by molar-refractivity contribution is 6.31. The number of hydrogen-bond donors (Lipinski definition) is 1. The van der Waals surface area contributed by atoms with Crippen molar-refractivity contribution < 1.29 is 9.90 Å². The second-order valence-electron chi connectivity index (χ2n) is 3.02. The Bertz CT molecular complexity index is 411. The Kier molecular flexibility index (Phi) is 2.25. The Labute approximate surface area is 85.0 Å². The van der Waals surface area contributed by atoms with Gasteiger partial charge in [0.1, 0.15) is 0 Å². The highest BCUT2D eigenvalue weighted by Crippen LogP contribution is 2.22. The van der Waals surface area contributed by atoms with Gasteiger partial charge < -0.3 is 5.11 Å². The average molecular weight is 214 g/mol. The van der Waals surface area contributed by atoms with Crippen LogP contribution < -0.4 is 0 Å². The molecular weight excluding hydrogens is 206 g/mol. The van der Waals surface area contributed by atoms with Crippen LogP contribution in [0.5, 0.6) is 0 Å². The lowest BCUT2D eigenvalue weighted by molar-refractivity contribution is 0.0690. The average Bonchev–Trinajstić information content (AvgIpc) is 2.70. The van der Waals surface area contributed by atoms with E-state index in [1.807, 2.05) is 6.08 Å². The maximum atomic E-state index is 10.6. The van der Waals surface area contributed by atoms with E-state index in [1.165, 1.54) is 4.80 Å². The van der Waals surface area contributed by atoms with Crippen molar-refractivity contribution in [2.45, 2.75) is 19.3 Å². The SMILES string of the molecule is O=C(O)c1nn(C2=CCCC2)nc1Cl. The molecule has 1 aliphatic carbocycles. The zero-order valence-corrected chi connectivity index (χ0v) is 8.03. The summed E-state index contributed by atoms with van der Waals surface area (Å²) in [6, 6.07) is 0. The first-order chi connectivity index (χ1) is 6.68. The summed E-state index contributed by atoms with van der Waals surface area (Å²) < 4.78 is 0. The van der Waals surface area contributed by atoms with E-state index < -0.39 is 5.97 Å². The molecule has 0 bridgehead atoms. The predicted molar refractivity (Wildman–Crippen MR) is 50.1 cm³/mol. The first-order valence-electron chi connectivity index (χ1n) is 4.24. The van der Waals surface area contributed by atoms with Gasteiger partial charge in [-0.05, 0) is 19.3 Å². The molecule has 14 heavy (non-hydrogen) atoms. The maximum Gasteiger partial charge on any atom is 0.359 e. The summed E-state index contributed by atoms with van der Waals surface area (Å²) in [7, 11) is 0. The topological polar surface area (TPSA) is 68.0 Å². The summed E-state index contributed by atoms with van der Waals surface area (Å²) in [6.45, 7) is 0. The molecule has 0 spiro atoms. The summed E-state index contributed by atoms with van der Waals surface area (Å²) >= 11 is 5.62. The predicted octanol–water partition coefficient (Wildman–Crippen LogP) is 1.65. The van der Waals surface area contributed by atoms with Crippen molar-refractivity contribution in [3.05, 3.63) is 16.9 Å². The largest absolute Gasteiger partial charge is 0.476 e. The maximum absolute atomic E-state index is 10.6. The van der Waals surface area contributed by atoms with E-state index >= 15 is 0 Å². The smallest absolute Gasteiger partial charge is 0.359 e. The van der Waals surface area contributed by atoms with Crippen LogP contribution in [0.2, 0.25) is 5.15 Å². The lowest BCUT2D eigenvalue weighted by Crippen LogP contribution is -2.02. The number of halogens is 1. The highest BCUT2D eigenvalue weighted by atomic mass is 35.5. The Morgan fingerprint density at radius 1 is 1.57 bits per heavy atom. The lowest BCUT2D eigenvalue weighted by atomic mass is 10.3. The molecule has 6 heteroatoms. The molecule has 1 N–H and O–H groups in total. The van der Waals surface area contributed by atoms with Crippen molar-refractivity contribution in [1.82, 2.24) is 15.0 Å². The second kappa shape index (κ2) is 3.42. The molecule has 5 nitrogen and oxygen atoms in total. The van der Waals surface area contributed by atoms with E-state index in [4.69, 9.17) is 16.7 Å². The van der Waals surface area contributed by atoms with Gasteiger partial charge >= 0.3 is 5.97 Å². The van der Waals surface area contributed by atoms with E-state index in [-0.39, 0.29) is 10.8 Å². The minimum Gasteiger partial charge on any atom is -0.476 e. The number of aromatic carboxylic acids is 1. The fourth-order valence-corrected chi connectivity index (χ4v) is 1.57. The molecule has 0 amide bonds. The molecule has 0 radical (unpaired) electrons. The fraction of sp³-hybridized carbons (Fsp3) is 0.375. The molecule has 0 aromatic carbocycles. The fourth-order valence-electron chi connectivity index (χ4n) is 1.38. The number of rotatable bonds is 2. The van der Waals surface area contributed by atoms with Crippen molar-refractivity contribution >= 4 is 23.3 Å². The highest BCUT2D eigenvalue weighted by Gasteiger charge is 2.18. The lowest BCUT2D eigenvalue weighted by Gasteiger charge is -1.96. The molecule has 0 saturated carbocycles. The van der Waals surface area contributed by atoms with Crippen LogP contribution in [0.25, 0.3) is 5.70 Å². The number of carbonyl (C=O) groups is 1. The van der Waals surface area contributed by atoms with Crippen molar-refractivity contribution in [2.24, 2.45) is 0 Å². The minimum absolute atomic E-state index is 0.0645. The van der Waals surface area contributed by atoms with E-state index in [0.29, 0.717) is 0 Å². The molecule has 1 heterocycles. The Hall–Kier alpha value is -1.36. The second-order valence-corrected chi connectivity index (χ2v) is 3.38. The van der Waals surface area contributed by atoms with Gasteiger partial charge in [0, 0.05) is 0 Å². The quantitative estimate of drug-likeness (QED) is 0.811. The van der Waals surface area contributed by atoms with Gasteiger partial charge in [0.15, 0.2) is 5.15 Å². The third kappa shape index (κ3) is 1.50. The molecule has 1 aromatic heterocycles. The van der Waals surface area contributed by atoms with Gasteiger partial charge in [-0.3, -0.25) is 0 Å². The van der Waals surface area contributed by atoms with Crippen molar-refractivity contribution in [3.63, 3.8) is 0 Å². The van der Waals surface area contributed by atoms with Crippen LogP contribution in [0, 0.1) is 0 Å². The van der Waals surface area contributed by atoms with Gasteiger partial charge in [-0.1, -0.05) is 17.7 Å². The van der Waals surface area contributed by atoms with E-state index in [1.54, 1.807) is 0 Å². The Balaban J connectivity index is 2.36. The number of allylic oxidation sites excluding steroid dienone is 2. The molecular formula is C8H8ClN3O2. The third-order valence-corrected chi connectivity index (χ3v) is 2.30. The molecule has 0 unspecified atom stereocenters. The van der Waals surface area contributed by atoms with Crippen LogP contribution >= 0.6 is 11.6 Å². The number of carboxylic acids is 1. The van der Waals surface area contributed by atoms with Crippen LogP contribution in [0.15, 0.2) is 6.08 Å². The molecule has 1 aromatic rings. The molecule has 0 saturated heterocycles. The van der Waals surface area contributed by atoms with E-state index in [9.17, 15) is 4.79 Å². The van der Waals surface area contributed by atoms with Gasteiger partial charge in [0.25, 0.3) is 0 Å². The number of hydrogen-bond acceptors (Lipinski definition) is 3. The summed E-state index contributed by atoms with van der Waals surface area (Å²) in [5.41, 5.74) is 0.721. The third-order valence-electron chi connectivity index (χ3n) is 2.05. The molecule has 1 aliphatic rings. The molecule has 74 valence electrons. The number of aromatic nitrogens is 3. The van der Waals surface area contributed by atoms with Gasteiger partial charge in [-0.15, -0.1) is 10.2 Å². The summed E-state index contributed by atoms with van der Waals surface area (Å²) in [6.07, 6.45) is 4.89. The van der Waals surface area contributed by atoms with Crippen molar-refractivity contribution in [3.8, 4) is 0 Å². The van der Waals surface area contributed by atoms with Crippen molar-refractivity contribution in [1.29, 1.82) is 0 Å². The van der Waals surface area contributed by atoms with Gasteiger partial charge in [0.05, 0.1) is 5.70 Å². The van der Waals surface area contributed by atoms with Gasteiger partial charge in [0.2, 0.25) is 5.69 Å². The summed E-state index contributed by atoms with van der Waals surface area (Å²) in [5, 5.41) is 16.3. The zero-order valence-electron chi connectivity index (χ0n) is 7.27. The standard InChI is InChI=1S/C8H8ClN3O2/c9-7-6(8(13)14)10-12(11-7)5-3-1-2-4-5/h3H,1-2,4H2,(H,13,14). The normalized spacial score (nSPS) is 15.6. The molecule has 0 aliphatic heterocycles. The van der Waals surface area contributed by atoms with Crippen LogP contribution in [-0.4, -0.2) is 26.1 Å². The zero-order chi connectivity index (χ0) is 10.1. The Morgan fingerprint density at radius 3 is 2.86 bits per heavy atom. The molecule has 0 atom stereocenters. The summed E-state index contributed by atoms with van der Waals surface area (Å²) in [4.78, 5) is 11.9. The Morgan fingerprint density at radius 2 is 2.36 bits per heavy atom. The van der Waals surface area contributed by atoms with Crippen LogP contribution in [0.1, 0.15) is 29.8 Å². The van der Waals surface area contributed by atoms with Crippen LogP contribution in [0.4, 0.5) is 0 Å². The van der Waals surface area contributed by atoms with Gasteiger partial charge in [-0.2, -0.15) is 4.80 Å². The van der Waals surface area contributed by atoms with E-state index in [0.717, 1.165) is 25.0 Å². The number of carboxylic acid groups (broad SMARTS) is 1. The first-order valence-corrected chi connectivity index (χ1v) is 4.62. The summed E-state index contributed by atoms with van der Waals surface area (Å²) in [5.74, 6) is -1.15. The minimum atomic E-state index is -1.15. The monoisotopic (exact) mass is 213 g/mol. The van der Waals surface area contributed by atoms with E-state index in [2.05, 4.69) is 10.2 Å². The first kappa shape index (κ1) is 9.21. The molecule has 2 rings (SSSR count). The van der Waals surface area contributed by atoms with Crippen molar-refractivity contribution in [2.75, 3.05) is 0 Å². The molecule has 0 fully saturated rings. The van der Waals surface area contributed by atoms with Gasteiger partial charge in [-0.25, -0.2) is 4.79 Å². The van der Waals surface area contributed by atoms with Crippen LogP contribution in [0.3, 0.4) is 0 Å². The number of nitrogens with zero attached hydrogens (tertiary/aromatic N) is 3. The van der Waals surface area contributed by atoms with Crippen LogP contribution in [-0.2, 0) is 0 Å².